The quantitative estimate of drug-likeness (QED) is 0.400. The average molecular weight is 418 g/mol. The van der Waals surface area contributed by atoms with Crippen LogP contribution in [0.5, 0.6) is 0 Å². The average Bonchev–Trinajstić information content (AvgIpc) is 3.11. The molecule has 0 aromatic rings. The van der Waals surface area contributed by atoms with Gasteiger partial charge in [0.15, 0.2) is 0 Å². The van der Waals surface area contributed by atoms with E-state index in [4.69, 9.17) is 9.47 Å². The Hall–Kier alpha value is -1.29. The Bertz CT molecular complexity index is 611. The lowest BCUT2D eigenvalue weighted by Crippen LogP contribution is -2.61. The molecule has 0 spiro atoms. The van der Waals surface area contributed by atoms with E-state index in [2.05, 4.69) is 6.58 Å². The van der Waals surface area contributed by atoms with Crippen LogP contribution in [-0.2, 0) is 14.3 Å². The zero-order valence-corrected chi connectivity index (χ0v) is 15.8. The van der Waals surface area contributed by atoms with E-state index in [-0.39, 0.29) is 17.4 Å². The Labute approximate surface area is 158 Å². The van der Waals surface area contributed by atoms with Gasteiger partial charge in [-0.05, 0) is 51.9 Å². The number of halogens is 6. The number of aliphatic hydroxyl groups is 1. The highest BCUT2D eigenvalue weighted by Crippen LogP contribution is 2.55. The molecule has 2 bridgehead atoms. The van der Waals surface area contributed by atoms with Crippen LogP contribution in [-0.4, -0.2) is 47.3 Å². The summed E-state index contributed by atoms with van der Waals surface area (Å²) in [4.78, 5) is 11.9. The summed E-state index contributed by atoms with van der Waals surface area (Å²) in [5, 5.41) is 9.33. The predicted molar refractivity (Wildman–Crippen MR) is 86.1 cm³/mol. The minimum Gasteiger partial charge on any atom is -0.458 e. The first kappa shape index (κ1) is 23.0. The maximum Gasteiger partial charge on any atom is 0.428 e. The number of hydrogen-bond donors (Lipinski definition) is 1. The molecule has 2 aliphatic carbocycles. The zero-order valence-electron chi connectivity index (χ0n) is 15.8. The van der Waals surface area contributed by atoms with Crippen LogP contribution in [0.4, 0.5) is 26.3 Å². The number of esters is 1. The van der Waals surface area contributed by atoms with E-state index in [9.17, 15) is 36.2 Å². The third-order valence-corrected chi connectivity index (χ3v) is 5.83. The fourth-order valence-electron chi connectivity index (χ4n) is 4.31. The topological polar surface area (TPSA) is 55.8 Å². The Kier molecular flexibility index (Phi) is 5.91. The molecule has 0 aromatic heterocycles. The van der Waals surface area contributed by atoms with Gasteiger partial charge in [-0.3, -0.25) is 0 Å². The SMILES string of the molecule is C=C(C)C(=O)OC1C2CCC(C2)C1C(C)(C)OCC(O)(C(F)(F)F)C(F)(F)F. The van der Waals surface area contributed by atoms with Crippen LogP contribution in [0.2, 0.25) is 0 Å². The van der Waals surface area contributed by atoms with Gasteiger partial charge in [0.05, 0.1) is 12.2 Å². The molecule has 28 heavy (non-hydrogen) atoms. The van der Waals surface area contributed by atoms with Crippen LogP contribution in [0.25, 0.3) is 0 Å². The zero-order chi connectivity index (χ0) is 21.7. The van der Waals surface area contributed by atoms with E-state index < -0.39 is 48.2 Å². The van der Waals surface area contributed by atoms with Gasteiger partial charge < -0.3 is 14.6 Å². The van der Waals surface area contributed by atoms with Gasteiger partial charge in [0, 0.05) is 11.5 Å². The summed E-state index contributed by atoms with van der Waals surface area (Å²) in [7, 11) is 0. The smallest absolute Gasteiger partial charge is 0.428 e. The van der Waals surface area contributed by atoms with Gasteiger partial charge in [0.25, 0.3) is 5.60 Å². The molecule has 0 saturated heterocycles. The molecule has 2 rings (SSSR count). The monoisotopic (exact) mass is 418 g/mol. The summed E-state index contributed by atoms with van der Waals surface area (Å²) in [5.41, 5.74) is -6.34. The van der Waals surface area contributed by atoms with E-state index in [1.54, 1.807) is 0 Å². The molecule has 0 heterocycles. The largest absolute Gasteiger partial charge is 0.458 e. The second kappa shape index (κ2) is 7.19. The lowest BCUT2D eigenvalue weighted by atomic mass is 9.76. The Balaban J connectivity index is 2.22. The normalized spacial score (nSPS) is 28.5. The molecule has 10 heteroatoms. The van der Waals surface area contributed by atoms with E-state index in [0.717, 1.165) is 6.42 Å². The van der Waals surface area contributed by atoms with Crippen molar-refractivity contribution in [2.75, 3.05) is 6.61 Å². The highest BCUT2D eigenvalue weighted by molar-refractivity contribution is 5.87. The first-order valence-electron chi connectivity index (χ1n) is 8.87. The van der Waals surface area contributed by atoms with Gasteiger partial charge in [0.1, 0.15) is 6.10 Å². The highest BCUT2D eigenvalue weighted by atomic mass is 19.4. The molecule has 0 radical (unpaired) electrons. The summed E-state index contributed by atoms with van der Waals surface area (Å²) in [5.74, 6) is -1.36. The van der Waals surface area contributed by atoms with Crippen LogP contribution in [0.1, 0.15) is 40.0 Å². The maximum absolute atomic E-state index is 12.9. The summed E-state index contributed by atoms with van der Waals surface area (Å²) in [6, 6.07) is 0. The number of alkyl halides is 6. The third-order valence-electron chi connectivity index (χ3n) is 5.83. The van der Waals surface area contributed by atoms with Crippen molar-refractivity contribution >= 4 is 5.97 Å². The van der Waals surface area contributed by atoms with Gasteiger partial charge in [-0.1, -0.05) is 6.58 Å². The summed E-state index contributed by atoms with van der Waals surface area (Å²) in [6.45, 7) is 5.63. The van der Waals surface area contributed by atoms with Gasteiger partial charge in [-0.2, -0.15) is 26.3 Å². The van der Waals surface area contributed by atoms with Crippen LogP contribution in [0, 0.1) is 17.8 Å². The molecule has 4 unspecified atom stereocenters. The number of ether oxygens (including phenoxy) is 2. The standard InChI is InChI=1S/C18H24F6O4/c1-9(2)14(25)28-13-11-6-5-10(7-11)12(13)15(3,4)27-8-16(26,17(19,20)21)18(22,23)24/h10-13,26H,1,5-8H2,2-4H3. The van der Waals surface area contributed by atoms with E-state index in [0.29, 0.717) is 12.8 Å². The van der Waals surface area contributed by atoms with E-state index in [1.807, 2.05) is 0 Å². The molecule has 0 amide bonds. The fraction of sp³-hybridized carbons (Fsp3) is 0.833. The third kappa shape index (κ3) is 4.03. The molecular formula is C18H24F6O4. The highest BCUT2D eigenvalue weighted by Gasteiger charge is 2.71. The van der Waals surface area contributed by atoms with Crippen molar-refractivity contribution in [3.05, 3.63) is 12.2 Å². The molecule has 2 fully saturated rings. The molecule has 0 aliphatic heterocycles. The van der Waals surface area contributed by atoms with Crippen molar-refractivity contribution in [3.8, 4) is 0 Å². The second-order valence-electron chi connectivity index (χ2n) is 8.26. The minimum absolute atomic E-state index is 0.0368. The number of carbonyl (C=O) groups is 1. The molecule has 162 valence electrons. The first-order valence-corrected chi connectivity index (χ1v) is 8.87. The van der Waals surface area contributed by atoms with E-state index >= 15 is 0 Å². The van der Waals surface area contributed by atoms with Crippen LogP contribution < -0.4 is 0 Å². The predicted octanol–water partition coefficient (Wildman–Crippen LogP) is 4.17. The minimum atomic E-state index is -5.96. The van der Waals surface area contributed by atoms with Crippen LogP contribution in [0.15, 0.2) is 12.2 Å². The maximum atomic E-state index is 12.9. The number of carbonyl (C=O) groups excluding carboxylic acids is 1. The molecular weight excluding hydrogens is 394 g/mol. The number of fused-ring (bicyclic) bond motifs is 2. The molecule has 4 nitrogen and oxygen atoms in total. The van der Waals surface area contributed by atoms with Crippen molar-refractivity contribution in [1.82, 2.24) is 0 Å². The van der Waals surface area contributed by atoms with Crippen molar-refractivity contribution < 1.29 is 45.7 Å². The molecule has 1 N–H and O–H groups in total. The lowest BCUT2D eigenvalue weighted by Gasteiger charge is -2.43. The molecule has 4 atom stereocenters. The Morgan fingerprint density at radius 1 is 1.07 bits per heavy atom. The van der Waals surface area contributed by atoms with Gasteiger partial charge in [-0.25, -0.2) is 4.79 Å². The van der Waals surface area contributed by atoms with Crippen molar-refractivity contribution in [2.24, 2.45) is 17.8 Å². The molecule has 2 saturated carbocycles. The summed E-state index contributed by atoms with van der Waals surface area (Å²) in [6.07, 6.45) is -10.5. The first-order chi connectivity index (χ1) is 12.5. The van der Waals surface area contributed by atoms with Gasteiger partial charge >= 0.3 is 18.3 Å². The second-order valence-corrected chi connectivity index (χ2v) is 8.26. The Morgan fingerprint density at radius 3 is 2.04 bits per heavy atom. The summed E-state index contributed by atoms with van der Waals surface area (Å²) < 4.78 is 88.0. The number of hydrogen-bond acceptors (Lipinski definition) is 4. The van der Waals surface area contributed by atoms with Crippen molar-refractivity contribution in [1.29, 1.82) is 0 Å². The lowest BCUT2D eigenvalue weighted by molar-refractivity contribution is -0.383. The van der Waals surface area contributed by atoms with Crippen LogP contribution >= 0.6 is 0 Å². The van der Waals surface area contributed by atoms with Crippen LogP contribution in [0.3, 0.4) is 0 Å². The number of rotatable bonds is 6. The molecule has 2 aliphatic rings. The summed E-state index contributed by atoms with van der Waals surface area (Å²) >= 11 is 0. The fourth-order valence-corrected chi connectivity index (χ4v) is 4.31. The van der Waals surface area contributed by atoms with E-state index in [1.165, 1.54) is 20.8 Å². The molecule has 0 aromatic carbocycles. The van der Waals surface area contributed by atoms with Crippen molar-refractivity contribution in [2.45, 2.75) is 69.7 Å². The Morgan fingerprint density at radius 2 is 1.57 bits per heavy atom. The van der Waals surface area contributed by atoms with Crippen molar-refractivity contribution in [3.63, 3.8) is 0 Å². The van der Waals surface area contributed by atoms with Gasteiger partial charge in [0.2, 0.25) is 0 Å². The van der Waals surface area contributed by atoms with Gasteiger partial charge in [-0.15, -0.1) is 0 Å².